The summed E-state index contributed by atoms with van der Waals surface area (Å²) in [7, 11) is 1.66. The molecule has 0 spiro atoms. The number of benzene rings is 2. The Morgan fingerprint density at radius 1 is 1.11 bits per heavy atom. The smallest absolute Gasteiger partial charge is 0.231 e. The first kappa shape index (κ1) is 18.9. The summed E-state index contributed by atoms with van der Waals surface area (Å²) in [6.45, 7) is 4.14. The summed E-state index contributed by atoms with van der Waals surface area (Å²) in [6.07, 6.45) is 4.71. The Morgan fingerprint density at radius 3 is 2.50 bits per heavy atom. The molecule has 1 amide bonds. The molecule has 4 heteroatoms. The summed E-state index contributed by atoms with van der Waals surface area (Å²) in [5.74, 6) is 1.73. The number of hydrogen-bond donors (Lipinski definition) is 1. The molecule has 0 radical (unpaired) electrons. The Hall–Kier alpha value is -2.49. The lowest BCUT2D eigenvalue weighted by atomic mass is 9.77. The molecule has 1 atom stereocenters. The molecular weight excluding hydrogens is 350 g/mol. The van der Waals surface area contributed by atoms with Gasteiger partial charge in [0.2, 0.25) is 5.91 Å². The number of ether oxygens (including phenoxy) is 2. The molecule has 2 aromatic carbocycles. The van der Waals surface area contributed by atoms with Gasteiger partial charge in [0.1, 0.15) is 17.1 Å². The minimum absolute atomic E-state index is 0.0949. The predicted octanol–water partition coefficient (Wildman–Crippen LogP) is 4.93. The van der Waals surface area contributed by atoms with Crippen molar-refractivity contribution in [3.8, 4) is 11.5 Å². The van der Waals surface area contributed by atoms with Gasteiger partial charge < -0.3 is 14.8 Å². The van der Waals surface area contributed by atoms with E-state index in [2.05, 4.69) is 31.3 Å². The highest BCUT2D eigenvalue weighted by atomic mass is 16.5. The third-order valence-electron chi connectivity index (χ3n) is 6.20. The minimum Gasteiger partial charge on any atom is -0.497 e. The molecule has 0 unspecified atom stereocenters. The van der Waals surface area contributed by atoms with E-state index in [0.29, 0.717) is 0 Å². The van der Waals surface area contributed by atoms with Gasteiger partial charge in [-0.3, -0.25) is 4.79 Å². The minimum atomic E-state index is -0.428. The van der Waals surface area contributed by atoms with E-state index < -0.39 is 5.41 Å². The van der Waals surface area contributed by atoms with Gasteiger partial charge in [-0.25, -0.2) is 0 Å². The summed E-state index contributed by atoms with van der Waals surface area (Å²) in [5.41, 5.74) is 1.35. The maximum absolute atomic E-state index is 13.6. The molecule has 2 aromatic rings. The fourth-order valence-electron chi connectivity index (χ4n) is 4.77. The van der Waals surface area contributed by atoms with Crippen LogP contribution in [0.1, 0.15) is 63.1 Å². The maximum atomic E-state index is 13.6. The Kier molecular flexibility index (Phi) is 4.82. The number of rotatable bonds is 4. The highest BCUT2D eigenvalue weighted by Crippen LogP contribution is 2.44. The molecule has 4 nitrogen and oxygen atoms in total. The van der Waals surface area contributed by atoms with Crippen LogP contribution in [0.25, 0.3) is 0 Å². The summed E-state index contributed by atoms with van der Waals surface area (Å²) >= 11 is 0. The molecule has 1 fully saturated rings. The first-order valence-corrected chi connectivity index (χ1v) is 10.2. The van der Waals surface area contributed by atoms with Crippen molar-refractivity contribution in [2.24, 2.45) is 0 Å². The molecule has 1 heterocycles. The molecule has 1 saturated carbocycles. The number of nitrogens with one attached hydrogen (secondary N) is 1. The van der Waals surface area contributed by atoms with Crippen LogP contribution in [0, 0.1) is 0 Å². The quantitative estimate of drug-likeness (QED) is 0.820. The zero-order valence-corrected chi connectivity index (χ0v) is 17.0. The molecular formula is C24H29NO3. The first-order valence-electron chi connectivity index (χ1n) is 10.2. The van der Waals surface area contributed by atoms with Crippen LogP contribution in [0.4, 0.5) is 0 Å². The number of methoxy groups -OCH3 is 1. The van der Waals surface area contributed by atoms with Crippen LogP contribution in [0.3, 0.4) is 0 Å². The van der Waals surface area contributed by atoms with Gasteiger partial charge in [0.15, 0.2) is 0 Å². The van der Waals surface area contributed by atoms with Gasteiger partial charge in [0.25, 0.3) is 0 Å². The van der Waals surface area contributed by atoms with Gasteiger partial charge in [-0.05, 0) is 50.5 Å². The molecule has 1 N–H and O–H groups in total. The fourth-order valence-corrected chi connectivity index (χ4v) is 4.77. The van der Waals surface area contributed by atoms with E-state index in [0.717, 1.165) is 54.7 Å². The van der Waals surface area contributed by atoms with Gasteiger partial charge in [-0.2, -0.15) is 0 Å². The molecule has 2 aliphatic rings. The monoisotopic (exact) mass is 379 g/mol. The van der Waals surface area contributed by atoms with E-state index in [9.17, 15) is 4.79 Å². The molecule has 0 bridgehead atoms. The van der Waals surface area contributed by atoms with Gasteiger partial charge in [0, 0.05) is 12.0 Å². The zero-order chi connectivity index (χ0) is 19.8. The Labute approximate surface area is 167 Å². The van der Waals surface area contributed by atoms with Crippen LogP contribution in [0.2, 0.25) is 0 Å². The molecule has 4 rings (SSSR count). The zero-order valence-electron chi connectivity index (χ0n) is 17.0. The van der Waals surface area contributed by atoms with E-state index in [-0.39, 0.29) is 17.6 Å². The molecule has 0 aromatic heterocycles. The van der Waals surface area contributed by atoms with Gasteiger partial charge in [-0.15, -0.1) is 0 Å². The largest absolute Gasteiger partial charge is 0.497 e. The lowest BCUT2D eigenvalue weighted by molar-refractivity contribution is -0.128. The van der Waals surface area contributed by atoms with Gasteiger partial charge in [0.05, 0.1) is 18.6 Å². The molecule has 28 heavy (non-hydrogen) atoms. The predicted molar refractivity (Wildman–Crippen MR) is 110 cm³/mol. The number of amides is 1. The normalized spacial score (nSPS) is 22.0. The fraction of sp³-hybridized carbons (Fsp3) is 0.458. The lowest BCUT2D eigenvalue weighted by Gasteiger charge is -2.39. The second kappa shape index (κ2) is 7.16. The maximum Gasteiger partial charge on any atom is 0.231 e. The topological polar surface area (TPSA) is 47.6 Å². The van der Waals surface area contributed by atoms with E-state index >= 15 is 0 Å². The third-order valence-corrected chi connectivity index (χ3v) is 6.20. The second-order valence-electron chi connectivity index (χ2n) is 8.65. The van der Waals surface area contributed by atoms with Crippen molar-refractivity contribution < 1.29 is 14.3 Å². The molecule has 148 valence electrons. The first-order chi connectivity index (χ1) is 13.4. The Balaban J connectivity index is 1.67. The highest BCUT2D eigenvalue weighted by Gasteiger charge is 2.44. The van der Waals surface area contributed by atoms with E-state index in [1.165, 1.54) is 0 Å². The van der Waals surface area contributed by atoms with Crippen molar-refractivity contribution in [1.29, 1.82) is 0 Å². The van der Waals surface area contributed by atoms with Crippen molar-refractivity contribution in [1.82, 2.24) is 5.32 Å². The third kappa shape index (κ3) is 3.36. The number of hydrogen-bond acceptors (Lipinski definition) is 3. The molecule has 0 saturated heterocycles. The lowest BCUT2D eigenvalue weighted by Crippen LogP contribution is -2.47. The van der Waals surface area contributed by atoms with Crippen molar-refractivity contribution in [3.05, 3.63) is 59.7 Å². The SMILES string of the molecule is COc1ccc2c(c1)[C@@H](NC(=O)C1(c3ccccc3)CCCC1)CC(C)(C)O2. The van der Waals surface area contributed by atoms with Crippen molar-refractivity contribution in [2.45, 2.75) is 63.0 Å². The van der Waals surface area contributed by atoms with Crippen molar-refractivity contribution in [3.63, 3.8) is 0 Å². The average molecular weight is 380 g/mol. The molecule has 1 aliphatic heterocycles. The van der Waals surface area contributed by atoms with Crippen molar-refractivity contribution in [2.75, 3.05) is 7.11 Å². The van der Waals surface area contributed by atoms with Crippen LogP contribution in [0.5, 0.6) is 11.5 Å². The number of fused-ring (bicyclic) bond motifs is 1. The van der Waals surface area contributed by atoms with Crippen LogP contribution in [-0.2, 0) is 10.2 Å². The van der Waals surface area contributed by atoms with Crippen molar-refractivity contribution >= 4 is 5.91 Å². The summed E-state index contributed by atoms with van der Waals surface area (Å²) in [4.78, 5) is 13.6. The Morgan fingerprint density at radius 2 is 1.82 bits per heavy atom. The van der Waals surface area contributed by atoms with E-state index in [4.69, 9.17) is 9.47 Å². The Bertz CT molecular complexity index is 853. The number of carbonyl (C=O) groups excluding carboxylic acids is 1. The highest BCUT2D eigenvalue weighted by molar-refractivity contribution is 5.89. The van der Waals surface area contributed by atoms with Crippen LogP contribution in [-0.4, -0.2) is 18.6 Å². The summed E-state index contributed by atoms with van der Waals surface area (Å²) in [5, 5.41) is 3.39. The standard InChI is InChI=1S/C24H29NO3/c1-23(2)16-20(19-15-18(27-3)11-12-21(19)28-23)25-22(26)24(13-7-8-14-24)17-9-5-4-6-10-17/h4-6,9-12,15,20H,7-8,13-14,16H2,1-3H3,(H,25,26)/t20-/m0/s1. The molecule has 1 aliphatic carbocycles. The number of carbonyl (C=O) groups is 1. The summed E-state index contributed by atoms with van der Waals surface area (Å²) in [6, 6.07) is 16.0. The van der Waals surface area contributed by atoms with E-state index in [1.54, 1.807) is 7.11 Å². The second-order valence-corrected chi connectivity index (χ2v) is 8.65. The van der Waals surface area contributed by atoms with Crippen LogP contribution in [0.15, 0.2) is 48.5 Å². The van der Waals surface area contributed by atoms with Crippen LogP contribution < -0.4 is 14.8 Å². The average Bonchev–Trinajstić information content (AvgIpc) is 3.19. The van der Waals surface area contributed by atoms with Gasteiger partial charge in [-0.1, -0.05) is 43.2 Å². The van der Waals surface area contributed by atoms with Crippen LogP contribution >= 0.6 is 0 Å². The summed E-state index contributed by atoms with van der Waals surface area (Å²) < 4.78 is 11.6. The van der Waals surface area contributed by atoms with Gasteiger partial charge >= 0.3 is 0 Å². The van der Waals surface area contributed by atoms with E-state index in [1.807, 2.05) is 36.4 Å².